The molecule has 9 heteroatoms. The van der Waals surface area contributed by atoms with Gasteiger partial charge in [0.1, 0.15) is 11.2 Å². The van der Waals surface area contributed by atoms with Gasteiger partial charge in [-0.2, -0.15) is 0 Å². The SMILES string of the molecule is O=C(NCc1nc(Cc2ccccc2)cs1)[C@H](O)[C@@H](O)C(=O)N1Cc2ccccc2[C@H]1C1CCCC(F)C1. The lowest BCUT2D eigenvalue weighted by molar-refractivity contribution is -0.156. The van der Waals surface area contributed by atoms with Crippen molar-refractivity contribution in [1.29, 1.82) is 0 Å². The first kappa shape index (κ1) is 26.5. The summed E-state index contributed by atoms with van der Waals surface area (Å²) >= 11 is 1.39. The molecule has 0 spiro atoms. The van der Waals surface area contributed by atoms with Crippen LogP contribution in [0.2, 0.25) is 0 Å². The van der Waals surface area contributed by atoms with Crippen molar-refractivity contribution >= 4 is 23.2 Å². The summed E-state index contributed by atoms with van der Waals surface area (Å²) in [6, 6.07) is 17.1. The van der Waals surface area contributed by atoms with Crippen molar-refractivity contribution in [2.24, 2.45) is 5.92 Å². The molecule has 1 aliphatic heterocycles. The van der Waals surface area contributed by atoms with E-state index in [1.807, 2.05) is 60.0 Å². The molecule has 2 heterocycles. The molecule has 2 aliphatic rings. The van der Waals surface area contributed by atoms with Gasteiger partial charge in [-0.15, -0.1) is 11.3 Å². The van der Waals surface area contributed by atoms with Crippen LogP contribution in [-0.2, 0) is 29.1 Å². The highest BCUT2D eigenvalue weighted by molar-refractivity contribution is 7.09. The number of alkyl halides is 1. The average molecular weight is 538 g/mol. The van der Waals surface area contributed by atoms with E-state index in [1.165, 1.54) is 16.2 Å². The number of aromatic nitrogens is 1. The Balaban J connectivity index is 1.21. The van der Waals surface area contributed by atoms with E-state index in [1.54, 1.807) is 0 Å². The number of aliphatic hydroxyl groups excluding tert-OH is 2. The number of benzene rings is 2. The fourth-order valence-corrected chi connectivity index (χ4v) is 6.36. The molecule has 5 atom stereocenters. The molecule has 1 aliphatic carbocycles. The molecule has 1 aromatic heterocycles. The van der Waals surface area contributed by atoms with Crippen LogP contribution in [0.3, 0.4) is 0 Å². The van der Waals surface area contributed by atoms with Gasteiger partial charge in [-0.3, -0.25) is 9.59 Å². The Morgan fingerprint density at radius 1 is 1.08 bits per heavy atom. The third-order valence-electron chi connectivity index (χ3n) is 7.49. The molecule has 3 aromatic rings. The number of thiazole rings is 1. The molecule has 1 fully saturated rings. The van der Waals surface area contributed by atoms with Crippen LogP contribution in [0.15, 0.2) is 60.0 Å². The van der Waals surface area contributed by atoms with Gasteiger partial charge in [-0.1, -0.05) is 61.0 Å². The van der Waals surface area contributed by atoms with Crippen LogP contribution in [0, 0.1) is 5.92 Å². The number of amides is 2. The predicted molar refractivity (Wildman–Crippen MR) is 142 cm³/mol. The van der Waals surface area contributed by atoms with Crippen molar-refractivity contribution in [1.82, 2.24) is 15.2 Å². The third-order valence-corrected chi connectivity index (χ3v) is 8.39. The van der Waals surface area contributed by atoms with E-state index in [0.717, 1.165) is 35.2 Å². The van der Waals surface area contributed by atoms with Crippen LogP contribution < -0.4 is 5.32 Å². The molecular formula is C29H32FN3O4S. The number of fused-ring (bicyclic) bond motifs is 1. The minimum absolute atomic E-state index is 0.0774. The fraction of sp³-hybridized carbons (Fsp3) is 0.414. The molecule has 0 bridgehead atoms. The summed E-state index contributed by atoms with van der Waals surface area (Å²) in [7, 11) is 0. The van der Waals surface area contributed by atoms with E-state index in [0.29, 0.717) is 24.3 Å². The molecular weight excluding hydrogens is 505 g/mol. The number of carbonyl (C=O) groups is 2. The van der Waals surface area contributed by atoms with Gasteiger partial charge in [-0.25, -0.2) is 9.37 Å². The van der Waals surface area contributed by atoms with Crippen LogP contribution in [0.5, 0.6) is 0 Å². The Bertz CT molecular complexity index is 1270. The highest BCUT2D eigenvalue weighted by Crippen LogP contribution is 2.45. The minimum Gasteiger partial charge on any atom is -0.380 e. The van der Waals surface area contributed by atoms with Crippen molar-refractivity contribution in [2.75, 3.05) is 0 Å². The number of nitrogens with one attached hydrogen (secondary N) is 1. The van der Waals surface area contributed by atoms with Gasteiger partial charge in [0.15, 0.2) is 12.2 Å². The molecule has 1 saturated carbocycles. The molecule has 0 radical (unpaired) electrons. The molecule has 2 amide bonds. The Hall–Kier alpha value is -3.14. The molecule has 38 heavy (non-hydrogen) atoms. The largest absolute Gasteiger partial charge is 0.380 e. The summed E-state index contributed by atoms with van der Waals surface area (Å²) in [5, 5.41) is 26.5. The fourth-order valence-electron chi connectivity index (χ4n) is 5.62. The standard InChI is InChI=1S/C29H32FN3O4S/c30-21-11-6-10-19(14-21)25-23-12-5-4-9-20(23)16-33(25)29(37)27(35)26(34)28(36)31-15-24-32-22(17-38-24)13-18-7-2-1-3-8-18/h1-5,7-9,12,17,19,21,25-27,34-35H,6,10-11,13-16H2,(H,31,36)/t19?,21?,25-,26-,27-/m1/s1. The number of rotatable bonds is 8. The lowest BCUT2D eigenvalue weighted by Crippen LogP contribution is -2.51. The van der Waals surface area contributed by atoms with Gasteiger partial charge >= 0.3 is 0 Å². The predicted octanol–water partition coefficient (Wildman–Crippen LogP) is 3.68. The van der Waals surface area contributed by atoms with Crippen molar-refractivity contribution < 1.29 is 24.2 Å². The highest BCUT2D eigenvalue weighted by Gasteiger charge is 2.44. The van der Waals surface area contributed by atoms with E-state index in [-0.39, 0.29) is 25.0 Å². The van der Waals surface area contributed by atoms with Gasteiger partial charge in [-0.05, 0) is 41.9 Å². The topological polar surface area (TPSA) is 103 Å². The lowest BCUT2D eigenvalue weighted by Gasteiger charge is -2.36. The normalized spacial score (nSPS) is 22.5. The van der Waals surface area contributed by atoms with Crippen molar-refractivity contribution in [2.45, 2.75) is 69.6 Å². The van der Waals surface area contributed by atoms with Crippen LogP contribution in [0.1, 0.15) is 59.1 Å². The summed E-state index contributed by atoms with van der Waals surface area (Å²) < 4.78 is 14.3. The maximum atomic E-state index is 14.3. The number of nitrogens with zero attached hydrogens (tertiary/aromatic N) is 2. The van der Waals surface area contributed by atoms with Gasteiger partial charge in [0, 0.05) is 18.3 Å². The summed E-state index contributed by atoms with van der Waals surface area (Å²) in [5.41, 5.74) is 3.89. The first-order valence-corrected chi connectivity index (χ1v) is 13.9. The number of hydrogen-bond acceptors (Lipinski definition) is 6. The second-order valence-corrected chi connectivity index (χ2v) is 11.1. The molecule has 7 nitrogen and oxygen atoms in total. The van der Waals surface area contributed by atoms with E-state index in [4.69, 9.17) is 0 Å². The number of hydrogen-bond donors (Lipinski definition) is 3. The quantitative estimate of drug-likeness (QED) is 0.407. The molecule has 2 unspecified atom stereocenters. The molecule has 3 N–H and O–H groups in total. The van der Waals surface area contributed by atoms with E-state index in [9.17, 15) is 24.2 Å². The van der Waals surface area contributed by atoms with Gasteiger partial charge in [0.2, 0.25) is 0 Å². The maximum absolute atomic E-state index is 14.3. The van der Waals surface area contributed by atoms with E-state index >= 15 is 0 Å². The zero-order chi connectivity index (χ0) is 26.6. The Morgan fingerprint density at radius 2 is 1.84 bits per heavy atom. The Kier molecular flexibility index (Phi) is 8.16. The lowest BCUT2D eigenvalue weighted by atomic mass is 9.80. The van der Waals surface area contributed by atoms with Gasteiger partial charge in [0.25, 0.3) is 11.8 Å². The maximum Gasteiger partial charge on any atom is 0.255 e. The number of carbonyl (C=O) groups excluding carboxylic acids is 2. The van der Waals surface area contributed by atoms with Crippen LogP contribution in [-0.4, -0.2) is 50.3 Å². The number of aliphatic hydroxyl groups is 2. The van der Waals surface area contributed by atoms with Gasteiger partial charge < -0.3 is 20.4 Å². The average Bonchev–Trinajstić information content (AvgIpc) is 3.55. The van der Waals surface area contributed by atoms with Crippen LogP contribution in [0.25, 0.3) is 0 Å². The van der Waals surface area contributed by atoms with Crippen LogP contribution in [0.4, 0.5) is 4.39 Å². The van der Waals surface area contributed by atoms with Crippen molar-refractivity contribution in [3.63, 3.8) is 0 Å². The Labute approximate surface area is 225 Å². The first-order valence-electron chi connectivity index (χ1n) is 13.0. The second-order valence-electron chi connectivity index (χ2n) is 10.1. The van der Waals surface area contributed by atoms with E-state index in [2.05, 4.69) is 10.3 Å². The second kappa shape index (κ2) is 11.7. The third kappa shape index (κ3) is 5.80. The van der Waals surface area contributed by atoms with Crippen molar-refractivity contribution in [3.05, 3.63) is 87.4 Å². The monoisotopic (exact) mass is 537 g/mol. The first-order chi connectivity index (χ1) is 18.4. The summed E-state index contributed by atoms with van der Waals surface area (Å²) in [6.07, 6.45) is -1.72. The summed E-state index contributed by atoms with van der Waals surface area (Å²) in [4.78, 5) is 32.1. The zero-order valence-corrected chi connectivity index (χ0v) is 21.8. The Morgan fingerprint density at radius 3 is 2.63 bits per heavy atom. The highest BCUT2D eigenvalue weighted by atomic mass is 32.1. The molecule has 5 rings (SSSR count). The smallest absolute Gasteiger partial charge is 0.255 e. The molecule has 200 valence electrons. The van der Waals surface area contributed by atoms with Gasteiger partial charge in [0.05, 0.1) is 18.3 Å². The molecule has 2 aromatic carbocycles. The minimum atomic E-state index is -1.93. The summed E-state index contributed by atoms with van der Waals surface area (Å²) in [5.74, 6) is -1.66. The molecule has 0 saturated heterocycles. The van der Waals surface area contributed by atoms with E-state index < -0.39 is 30.2 Å². The number of halogens is 1. The van der Waals surface area contributed by atoms with Crippen LogP contribution >= 0.6 is 11.3 Å². The van der Waals surface area contributed by atoms with Crippen molar-refractivity contribution in [3.8, 4) is 0 Å². The zero-order valence-electron chi connectivity index (χ0n) is 21.0. The summed E-state index contributed by atoms with van der Waals surface area (Å²) in [6.45, 7) is 0.329.